The lowest BCUT2D eigenvalue weighted by atomic mass is 10.0. The number of phenolic OH excluding ortho intramolecular Hbond substituents is 1. The molecule has 1 amide bonds. The van der Waals surface area contributed by atoms with Crippen LogP contribution >= 0.6 is 0 Å². The van der Waals surface area contributed by atoms with Gasteiger partial charge in [0, 0.05) is 12.8 Å². The number of carboxylic acid groups (broad SMARTS) is 1. The zero-order valence-electron chi connectivity index (χ0n) is 19.1. The maximum atomic E-state index is 13.1. The number of benzene rings is 2. The van der Waals surface area contributed by atoms with Gasteiger partial charge in [-0.15, -0.1) is 0 Å². The van der Waals surface area contributed by atoms with E-state index in [1.807, 2.05) is 6.07 Å². The van der Waals surface area contributed by atoms with Crippen LogP contribution in [0.4, 0.5) is 4.79 Å². The van der Waals surface area contributed by atoms with E-state index in [2.05, 4.69) is 5.43 Å². The molecular weight excluding hydrogens is 428 g/mol. The normalized spacial score (nSPS) is 13.0. The minimum absolute atomic E-state index is 0.0582. The molecule has 0 bridgehead atoms. The van der Waals surface area contributed by atoms with Gasteiger partial charge in [0.05, 0.1) is 7.11 Å². The number of carbonyl (C=O) groups is 3. The Balaban J connectivity index is 2.42. The summed E-state index contributed by atoms with van der Waals surface area (Å²) in [5.41, 5.74) is 2.83. The molecule has 33 heavy (non-hydrogen) atoms. The Labute approximate surface area is 192 Å². The van der Waals surface area contributed by atoms with Gasteiger partial charge in [0.2, 0.25) is 0 Å². The number of aliphatic carboxylic acids is 1. The molecule has 0 aliphatic heterocycles. The second kappa shape index (κ2) is 11.3. The number of carbonyl (C=O) groups excluding carboxylic acids is 2. The van der Waals surface area contributed by atoms with Gasteiger partial charge in [-0.2, -0.15) is 0 Å². The lowest BCUT2D eigenvalue weighted by Gasteiger charge is -2.34. The van der Waals surface area contributed by atoms with E-state index in [0.717, 1.165) is 10.6 Å². The number of rotatable bonds is 9. The maximum Gasteiger partial charge on any atom is 0.425 e. The van der Waals surface area contributed by atoms with E-state index >= 15 is 0 Å². The van der Waals surface area contributed by atoms with E-state index in [-0.39, 0.29) is 18.6 Å². The molecule has 0 radical (unpaired) electrons. The minimum atomic E-state index is -1.35. The van der Waals surface area contributed by atoms with Crippen LogP contribution in [0.15, 0.2) is 54.6 Å². The number of methoxy groups -OCH3 is 1. The molecule has 0 unspecified atom stereocenters. The highest BCUT2D eigenvalue weighted by Crippen LogP contribution is 2.20. The number of hydrogen-bond acceptors (Lipinski definition) is 7. The first kappa shape index (κ1) is 25.7. The monoisotopic (exact) mass is 458 g/mol. The third-order valence-corrected chi connectivity index (χ3v) is 4.66. The fraction of sp³-hybridized carbons (Fsp3) is 0.375. The zero-order chi connectivity index (χ0) is 24.6. The molecule has 0 spiro atoms. The van der Waals surface area contributed by atoms with Crippen LogP contribution in [-0.4, -0.2) is 58.0 Å². The van der Waals surface area contributed by atoms with Gasteiger partial charge in [-0.1, -0.05) is 48.5 Å². The first-order valence-electron chi connectivity index (χ1n) is 10.4. The smallest absolute Gasteiger partial charge is 0.425 e. The topological polar surface area (TPSA) is 125 Å². The Bertz CT molecular complexity index is 957. The Morgan fingerprint density at radius 3 is 2.15 bits per heavy atom. The summed E-state index contributed by atoms with van der Waals surface area (Å²) in [5.74, 6) is -2.11. The molecule has 178 valence electrons. The van der Waals surface area contributed by atoms with Crippen LogP contribution in [0.2, 0.25) is 0 Å². The number of para-hydroxylation sites is 1. The van der Waals surface area contributed by atoms with Gasteiger partial charge in [-0.3, -0.25) is 4.79 Å². The number of amides is 1. The van der Waals surface area contributed by atoms with Crippen molar-refractivity contribution in [2.75, 3.05) is 7.11 Å². The molecule has 9 nitrogen and oxygen atoms in total. The standard InChI is InChI=1S/C24H30N2O7/c1-24(2,3)33-23(31)26(19(22(30)32-4)14-16-10-6-5-7-11-16)25-18(21(28)29)15-17-12-8-9-13-20(17)27/h5-13,18-19,25,27H,14-15H2,1-4H3,(H,28,29)/t18-,19-/m0/s1. The van der Waals surface area contributed by atoms with Gasteiger partial charge in [0.15, 0.2) is 6.04 Å². The Kier molecular flexibility index (Phi) is 8.81. The average molecular weight is 459 g/mol. The summed E-state index contributed by atoms with van der Waals surface area (Å²) in [6.07, 6.45) is -1.03. The highest BCUT2D eigenvalue weighted by Gasteiger charge is 2.37. The van der Waals surface area contributed by atoms with E-state index < -0.39 is 35.7 Å². The molecule has 2 aromatic carbocycles. The zero-order valence-corrected chi connectivity index (χ0v) is 19.1. The fourth-order valence-electron chi connectivity index (χ4n) is 3.09. The number of nitrogens with one attached hydrogen (secondary N) is 1. The summed E-state index contributed by atoms with van der Waals surface area (Å²) in [6, 6.07) is 12.7. The maximum absolute atomic E-state index is 13.1. The van der Waals surface area contributed by atoms with Gasteiger partial charge < -0.3 is 19.7 Å². The summed E-state index contributed by atoms with van der Waals surface area (Å²) in [7, 11) is 1.18. The molecule has 0 aliphatic rings. The van der Waals surface area contributed by atoms with Crippen LogP contribution in [0.25, 0.3) is 0 Å². The van der Waals surface area contributed by atoms with Crippen LogP contribution in [0, 0.1) is 0 Å². The van der Waals surface area contributed by atoms with Crippen molar-refractivity contribution >= 4 is 18.0 Å². The van der Waals surface area contributed by atoms with Gasteiger partial charge in [-0.25, -0.2) is 20.0 Å². The van der Waals surface area contributed by atoms with E-state index in [1.165, 1.54) is 13.2 Å². The Hall–Kier alpha value is -3.59. The molecule has 3 N–H and O–H groups in total. The van der Waals surface area contributed by atoms with Crippen molar-refractivity contribution in [1.29, 1.82) is 0 Å². The number of aromatic hydroxyl groups is 1. The van der Waals surface area contributed by atoms with Crippen LogP contribution < -0.4 is 5.43 Å². The van der Waals surface area contributed by atoms with Crippen molar-refractivity contribution in [1.82, 2.24) is 10.4 Å². The molecule has 2 rings (SSSR count). The van der Waals surface area contributed by atoms with Crippen LogP contribution in [0.1, 0.15) is 31.9 Å². The highest BCUT2D eigenvalue weighted by molar-refractivity contribution is 5.82. The van der Waals surface area contributed by atoms with Crippen molar-refractivity contribution in [2.45, 2.75) is 51.3 Å². The highest BCUT2D eigenvalue weighted by atomic mass is 16.6. The molecule has 0 heterocycles. The largest absolute Gasteiger partial charge is 0.508 e. The minimum Gasteiger partial charge on any atom is -0.508 e. The number of hydrogen-bond donors (Lipinski definition) is 3. The van der Waals surface area contributed by atoms with Crippen LogP contribution in [-0.2, 0) is 31.9 Å². The Morgan fingerprint density at radius 2 is 1.61 bits per heavy atom. The van der Waals surface area contributed by atoms with E-state index in [1.54, 1.807) is 63.2 Å². The Morgan fingerprint density at radius 1 is 1.00 bits per heavy atom. The predicted molar refractivity (Wildman–Crippen MR) is 120 cm³/mol. The van der Waals surface area contributed by atoms with Crippen molar-refractivity contribution in [3.05, 3.63) is 65.7 Å². The van der Waals surface area contributed by atoms with Gasteiger partial charge in [0.25, 0.3) is 0 Å². The molecule has 0 saturated carbocycles. The van der Waals surface area contributed by atoms with E-state index in [9.17, 15) is 24.6 Å². The average Bonchev–Trinajstić information content (AvgIpc) is 2.75. The quantitative estimate of drug-likeness (QED) is 0.387. The third-order valence-electron chi connectivity index (χ3n) is 4.66. The number of hydrazine groups is 1. The molecule has 0 saturated heterocycles. The predicted octanol–water partition coefficient (Wildman–Crippen LogP) is 2.91. The van der Waals surface area contributed by atoms with Crippen LogP contribution in [0.5, 0.6) is 5.75 Å². The summed E-state index contributed by atoms with van der Waals surface area (Å²) in [6.45, 7) is 4.97. The van der Waals surface area contributed by atoms with E-state index in [0.29, 0.717) is 5.56 Å². The van der Waals surface area contributed by atoms with Gasteiger partial charge in [0.1, 0.15) is 17.4 Å². The number of ether oxygens (including phenoxy) is 2. The first-order valence-corrected chi connectivity index (χ1v) is 10.4. The summed E-state index contributed by atoms with van der Waals surface area (Å²) >= 11 is 0. The molecule has 9 heteroatoms. The van der Waals surface area contributed by atoms with Crippen molar-refractivity contribution < 1.29 is 34.1 Å². The van der Waals surface area contributed by atoms with Crippen molar-refractivity contribution in [3.8, 4) is 5.75 Å². The summed E-state index contributed by atoms with van der Waals surface area (Å²) in [5, 5.41) is 20.7. The molecule has 0 aliphatic carbocycles. The van der Waals surface area contributed by atoms with Gasteiger partial charge >= 0.3 is 18.0 Å². The van der Waals surface area contributed by atoms with Gasteiger partial charge in [-0.05, 0) is 38.0 Å². The lowest BCUT2D eigenvalue weighted by molar-refractivity contribution is -0.151. The molecule has 0 aromatic heterocycles. The molecular formula is C24H30N2O7. The number of phenols is 1. The first-order chi connectivity index (χ1) is 15.5. The number of nitrogens with zero attached hydrogens (tertiary/aromatic N) is 1. The SMILES string of the molecule is COC(=O)[C@H](Cc1ccccc1)N(N[C@@H](Cc1ccccc1O)C(=O)O)C(=O)OC(C)(C)C. The summed E-state index contributed by atoms with van der Waals surface area (Å²) in [4.78, 5) is 37.8. The summed E-state index contributed by atoms with van der Waals surface area (Å²) < 4.78 is 10.4. The van der Waals surface area contributed by atoms with Crippen LogP contribution in [0.3, 0.4) is 0 Å². The molecule has 2 aromatic rings. The second-order valence-electron chi connectivity index (χ2n) is 8.43. The van der Waals surface area contributed by atoms with Crippen molar-refractivity contribution in [2.24, 2.45) is 0 Å². The fourth-order valence-corrected chi connectivity index (χ4v) is 3.09. The lowest BCUT2D eigenvalue weighted by Crippen LogP contribution is -2.60. The molecule has 2 atom stereocenters. The van der Waals surface area contributed by atoms with E-state index in [4.69, 9.17) is 9.47 Å². The third kappa shape index (κ3) is 7.80. The number of esters is 1. The van der Waals surface area contributed by atoms with Crippen molar-refractivity contribution in [3.63, 3.8) is 0 Å². The number of carboxylic acids is 1. The molecule has 0 fully saturated rings. The second-order valence-corrected chi connectivity index (χ2v) is 8.43.